The summed E-state index contributed by atoms with van der Waals surface area (Å²) in [6, 6.07) is 0. The van der Waals surface area contributed by atoms with Crippen LogP contribution in [-0.2, 0) is 32.7 Å². The van der Waals surface area contributed by atoms with Gasteiger partial charge >= 0.3 is 19.8 Å². The standard InChI is InChI=1S/C64H98NO8P/c1-6-8-10-12-14-16-18-20-22-24-26-27-28-29-30-31-32-33-34-35-36-37-39-41-43-45-47-49-51-53-55-57-64(67)73-62(61-72-74(68,69)71-59-58-65(3,4)5)60-70-63(66)56-54-52-50-48-46-44-42-40-38-25-23-21-19-17-15-13-11-9-7-2/h8-11,14-17,20-23,26-27,29-30,32-33,35-36,38-41,44-47,50,52,62H,6-7,12-13,18-19,24-25,28,31,34,37,42-43,48-49,51,53-61H2,1-5H3/p+1/b10-8-,11-9-,16-14-,17-15-,22-20-,23-21-,27-26-,30-29-,33-32-,36-35-,40-38-,41-39-,46-44-,47-45-,52-50-. The summed E-state index contributed by atoms with van der Waals surface area (Å²) in [7, 11) is 1.38. The Bertz CT molecular complexity index is 1900. The second-order valence-electron chi connectivity index (χ2n) is 18.5. The molecular formula is C64H99NO8P+. The number of allylic oxidation sites excluding steroid dienone is 30. The molecule has 0 saturated heterocycles. The Morgan fingerprint density at radius 1 is 0.419 bits per heavy atom. The summed E-state index contributed by atoms with van der Waals surface area (Å²) < 4.78 is 34.3. The van der Waals surface area contributed by atoms with Crippen molar-refractivity contribution in [2.24, 2.45) is 0 Å². The van der Waals surface area contributed by atoms with E-state index in [4.69, 9.17) is 18.5 Å². The molecule has 9 nitrogen and oxygen atoms in total. The van der Waals surface area contributed by atoms with Crippen molar-refractivity contribution in [2.75, 3.05) is 47.5 Å². The molecule has 412 valence electrons. The molecule has 1 N–H and O–H groups in total. The van der Waals surface area contributed by atoms with E-state index in [0.29, 0.717) is 23.9 Å². The van der Waals surface area contributed by atoms with E-state index in [0.717, 1.165) is 116 Å². The summed E-state index contributed by atoms with van der Waals surface area (Å²) in [6.45, 7) is 4.03. The maximum Gasteiger partial charge on any atom is 0.472 e. The zero-order valence-electron chi connectivity index (χ0n) is 46.5. The number of rotatable bonds is 47. The van der Waals surface area contributed by atoms with E-state index >= 15 is 0 Å². The van der Waals surface area contributed by atoms with Crippen LogP contribution in [0, 0.1) is 0 Å². The van der Waals surface area contributed by atoms with Gasteiger partial charge in [-0.15, -0.1) is 0 Å². The van der Waals surface area contributed by atoms with Gasteiger partial charge in [0, 0.05) is 12.8 Å². The van der Waals surface area contributed by atoms with Crippen LogP contribution in [0.4, 0.5) is 0 Å². The first kappa shape index (κ1) is 69.1. The lowest BCUT2D eigenvalue weighted by molar-refractivity contribution is -0.870. The average Bonchev–Trinajstić information content (AvgIpc) is 3.36. The van der Waals surface area contributed by atoms with Gasteiger partial charge in [0.2, 0.25) is 0 Å². The number of carbonyl (C=O) groups is 2. The topological polar surface area (TPSA) is 108 Å². The molecule has 0 aliphatic rings. The third kappa shape index (κ3) is 56.4. The van der Waals surface area contributed by atoms with Crippen LogP contribution in [0.2, 0.25) is 0 Å². The number of ether oxygens (including phenoxy) is 2. The molecule has 0 aromatic carbocycles. The Morgan fingerprint density at radius 2 is 0.757 bits per heavy atom. The second kappa shape index (κ2) is 53.0. The number of carbonyl (C=O) groups excluding carboxylic acids is 2. The number of unbranched alkanes of at least 4 members (excludes halogenated alkanes) is 3. The fourth-order valence-electron chi connectivity index (χ4n) is 6.27. The fourth-order valence-corrected chi connectivity index (χ4v) is 7.01. The first-order valence-electron chi connectivity index (χ1n) is 27.5. The molecule has 0 rings (SSSR count). The third-order valence-electron chi connectivity index (χ3n) is 10.4. The van der Waals surface area contributed by atoms with Crippen molar-refractivity contribution >= 4 is 19.8 Å². The fraction of sp³-hybridized carbons (Fsp3) is 0.500. The third-order valence-corrected chi connectivity index (χ3v) is 11.4. The van der Waals surface area contributed by atoms with Crippen LogP contribution in [0.3, 0.4) is 0 Å². The van der Waals surface area contributed by atoms with Gasteiger partial charge in [-0.2, -0.15) is 0 Å². The van der Waals surface area contributed by atoms with Crippen LogP contribution in [0.1, 0.15) is 155 Å². The predicted octanol–water partition coefficient (Wildman–Crippen LogP) is 17.2. The molecule has 0 aromatic rings. The van der Waals surface area contributed by atoms with Gasteiger partial charge in [-0.3, -0.25) is 18.6 Å². The van der Waals surface area contributed by atoms with Crippen LogP contribution >= 0.6 is 7.82 Å². The molecule has 2 unspecified atom stereocenters. The van der Waals surface area contributed by atoms with Crippen molar-refractivity contribution in [1.29, 1.82) is 0 Å². The number of phosphoric acid groups is 1. The number of esters is 2. The summed E-state index contributed by atoms with van der Waals surface area (Å²) in [5, 5.41) is 0. The first-order chi connectivity index (χ1) is 36.0. The number of hydrogen-bond acceptors (Lipinski definition) is 7. The van der Waals surface area contributed by atoms with Gasteiger partial charge < -0.3 is 18.9 Å². The number of nitrogens with zero attached hydrogens (tertiary/aromatic N) is 1. The lowest BCUT2D eigenvalue weighted by Gasteiger charge is -2.24. The largest absolute Gasteiger partial charge is 0.472 e. The van der Waals surface area contributed by atoms with Crippen molar-refractivity contribution in [3.63, 3.8) is 0 Å². The zero-order chi connectivity index (χ0) is 54.2. The SMILES string of the molecule is CC/C=C\C/C=C\C/C=C\C/C=C\C/C=C\C/C=C\C/C=C\C/C=C\C/C=C\CCCCCC(=O)OC(COC(=O)CC/C=C\C/C=C\C/C=C\C/C=C\C/C=C\C/C=C\CC)COP(=O)(O)OCC[N+](C)(C)C. The van der Waals surface area contributed by atoms with E-state index in [1.807, 2.05) is 33.3 Å². The Labute approximate surface area is 450 Å². The molecule has 74 heavy (non-hydrogen) atoms. The molecule has 0 aromatic heterocycles. The summed E-state index contributed by atoms with van der Waals surface area (Å²) in [4.78, 5) is 35.6. The van der Waals surface area contributed by atoms with Crippen LogP contribution in [0.15, 0.2) is 182 Å². The monoisotopic (exact) mass is 1040 g/mol. The molecule has 0 radical (unpaired) electrons. The molecule has 0 saturated carbocycles. The smallest absolute Gasteiger partial charge is 0.462 e. The molecule has 0 heterocycles. The minimum Gasteiger partial charge on any atom is -0.462 e. The van der Waals surface area contributed by atoms with Crippen molar-refractivity contribution in [3.05, 3.63) is 182 Å². The molecule has 0 aliphatic heterocycles. The zero-order valence-corrected chi connectivity index (χ0v) is 47.4. The average molecular weight is 1040 g/mol. The maximum atomic E-state index is 12.8. The summed E-state index contributed by atoms with van der Waals surface area (Å²) in [6.07, 6.45) is 82.6. The van der Waals surface area contributed by atoms with E-state index in [9.17, 15) is 19.0 Å². The highest BCUT2D eigenvalue weighted by molar-refractivity contribution is 7.47. The lowest BCUT2D eigenvalue weighted by Crippen LogP contribution is -2.37. The minimum absolute atomic E-state index is 0.00163. The summed E-state index contributed by atoms with van der Waals surface area (Å²) in [5.41, 5.74) is 0. The number of phosphoric ester groups is 1. The molecule has 0 spiro atoms. The van der Waals surface area contributed by atoms with Gasteiger partial charge in [0.1, 0.15) is 19.8 Å². The molecule has 0 amide bonds. The van der Waals surface area contributed by atoms with Crippen LogP contribution in [-0.4, -0.2) is 74.9 Å². The normalized spacial score (nSPS) is 14.7. The number of likely N-dealkylation sites (N-methyl/N-ethyl adjacent to an activating group) is 1. The van der Waals surface area contributed by atoms with Crippen molar-refractivity contribution in [2.45, 2.75) is 161 Å². The van der Waals surface area contributed by atoms with E-state index in [2.05, 4.69) is 184 Å². The summed E-state index contributed by atoms with van der Waals surface area (Å²) >= 11 is 0. The highest BCUT2D eigenvalue weighted by Gasteiger charge is 2.27. The molecule has 2 atom stereocenters. The van der Waals surface area contributed by atoms with E-state index in [1.165, 1.54) is 0 Å². The van der Waals surface area contributed by atoms with Gasteiger partial charge in [-0.1, -0.05) is 203 Å². The minimum atomic E-state index is -4.43. The van der Waals surface area contributed by atoms with Crippen LogP contribution < -0.4 is 0 Å². The highest BCUT2D eigenvalue weighted by atomic mass is 31.2. The Hall–Kier alpha value is -4.89. The Kier molecular flexibility index (Phi) is 49.5. The molecular weight excluding hydrogens is 942 g/mol. The van der Waals surface area contributed by atoms with Crippen molar-refractivity contribution in [1.82, 2.24) is 0 Å². The molecule has 0 aliphatic carbocycles. The second-order valence-corrected chi connectivity index (χ2v) is 19.9. The number of hydrogen-bond donors (Lipinski definition) is 1. The highest BCUT2D eigenvalue weighted by Crippen LogP contribution is 2.43. The maximum absolute atomic E-state index is 12.8. The predicted molar refractivity (Wildman–Crippen MR) is 315 cm³/mol. The Balaban J connectivity index is 4.43. The molecule has 10 heteroatoms. The van der Waals surface area contributed by atoms with Crippen molar-refractivity contribution < 1.29 is 42.1 Å². The van der Waals surface area contributed by atoms with Gasteiger partial charge in [0.15, 0.2) is 6.10 Å². The van der Waals surface area contributed by atoms with E-state index < -0.39 is 32.5 Å². The van der Waals surface area contributed by atoms with Crippen LogP contribution in [0.25, 0.3) is 0 Å². The molecule has 0 fully saturated rings. The Morgan fingerprint density at radius 3 is 1.11 bits per heavy atom. The van der Waals surface area contributed by atoms with Gasteiger partial charge in [0.05, 0.1) is 27.7 Å². The molecule has 0 bridgehead atoms. The number of quaternary nitrogens is 1. The van der Waals surface area contributed by atoms with Crippen LogP contribution in [0.5, 0.6) is 0 Å². The van der Waals surface area contributed by atoms with Gasteiger partial charge in [-0.25, -0.2) is 4.57 Å². The first-order valence-corrected chi connectivity index (χ1v) is 29.0. The van der Waals surface area contributed by atoms with Gasteiger partial charge in [0.25, 0.3) is 0 Å². The quantitative estimate of drug-likeness (QED) is 0.0211. The van der Waals surface area contributed by atoms with E-state index in [1.54, 1.807) is 0 Å². The van der Waals surface area contributed by atoms with Gasteiger partial charge in [-0.05, 0) is 122 Å². The van der Waals surface area contributed by atoms with Crippen molar-refractivity contribution in [3.8, 4) is 0 Å². The summed E-state index contributed by atoms with van der Waals surface area (Å²) in [5.74, 6) is -0.955. The van der Waals surface area contributed by atoms with E-state index in [-0.39, 0.29) is 26.1 Å². The lowest BCUT2D eigenvalue weighted by atomic mass is 10.1.